The zero-order valence-corrected chi connectivity index (χ0v) is 16.8. The Kier molecular flexibility index (Phi) is 5.84. The lowest BCUT2D eigenvalue weighted by Crippen LogP contribution is -2.81. The number of rotatable bonds is 5. The topological polar surface area (TPSA) is 113 Å². The van der Waals surface area contributed by atoms with Gasteiger partial charge in [-0.1, -0.05) is 0 Å². The number of carbonyl (C=O) groups is 4. The Bertz CT molecular complexity index is 644. The molecule has 1 unspecified atom stereocenters. The molecule has 0 saturated carbocycles. The van der Waals surface area contributed by atoms with Crippen molar-refractivity contribution in [3.63, 3.8) is 0 Å². The number of hydrogen-bond donors (Lipinski definition) is 1. The summed E-state index contributed by atoms with van der Waals surface area (Å²) in [6.45, 7) is 8.33. The third kappa shape index (κ3) is 4.40. The van der Waals surface area contributed by atoms with Crippen molar-refractivity contribution in [3.05, 3.63) is 0 Å². The molecule has 2 saturated heterocycles. The number of β-lactam (4-membered cyclic amide) rings is 1. The third-order valence-corrected chi connectivity index (χ3v) is 5.14. The minimum atomic E-state index is -0.852. The fourth-order valence-electron chi connectivity index (χ4n) is 3.59. The van der Waals surface area contributed by atoms with Crippen LogP contribution in [0.5, 0.6) is 0 Å². The molecule has 2 N–H and O–H groups in total. The summed E-state index contributed by atoms with van der Waals surface area (Å²) in [7, 11) is 1.84. The SMILES string of the molecule is CC(=O)[C@H](CCC(N)=O)N1CC2(CN(C(=O)OC(C)(C)C)CCN2C)C1=O. The Morgan fingerprint density at radius 3 is 2.33 bits per heavy atom. The van der Waals surface area contributed by atoms with Crippen LogP contribution in [-0.4, -0.2) is 88.8 Å². The van der Waals surface area contributed by atoms with Crippen molar-refractivity contribution >= 4 is 23.7 Å². The van der Waals surface area contributed by atoms with Crippen molar-refractivity contribution in [1.29, 1.82) is 0 Å². The van der Waals surface area contributed by atoms with Gasteiger partial charge < -0.3 is 20.3 Å². The summed E-state index contributed by atoms with van der Waals surface area (Å²) in [6.07, 6.45) is -0.189. The Morgan fingerprint density at radius 2 is 1.85 bits per heavy atom. The number of nitrogens with two attached hydrogens (primary N) is 1. The van der Waals surface area contributed by atoms with Gasteiger partial charge in [-0.15, -0.1) is 0 Å². The van der Waals surface area contributed by atoms with Gasteiger partial charge in [0.15, 0.2) is 5.78 Å². The summed E-state index contributed by atoms with van der Waals surface area (Å²) >= 11 is 0. The molecule has 2 atom stereocenters. The Labute approximate surface area is 159 Å². The van der Waals surface area contributed by atoms with E-state index in [0.29, 0.717) is 19.6 Å². The van der Waals surface area contributed by atoms with Gasteiger partial charge in [-0.3, -0.25) is 19.3 Å². The number of Topliss-reactive ketones (excluding diaryl/α,β-unsaturated/α-hetero) is 1. The van der Waals surface area contributed by atoms with E-state index in [2.05, 4.69) is 0 Å². The van der Waals surface area contributed by atoms with Gasteiger partial charge in [0.25, 0.3) is 0 Å². The molecule has 9 nitrogen and oxygen atoms in total. The highest BCUT2D eigenvalue weighted by Crippen LogP contribution is 2.35. The van der Waals surface area contributed by atoms with Crippen LogP contribution in [0, 0.1) is 0 Å². The van der Waals surface area contributed by atoms with Crippen molar-refractivity contribution in [2.24, 2.45) is 5.73 Å². The fourth-order valence-corrected chi connectivity index (χ4v) is 3.59. The number of primary amides is 1. The van der Waals surface area contributed by atoms with Crippen LogP contribution >= 0.6 is 0 Å². The first-order valence-corrected chi connectivity index (χ1v) is 9.16. The van der Waals surface area contributed by atoms with E-state index in [1.807, 2.05) is 11.9 Å². The largest absolute Gasteiger partial charge is 0.444 e. The van der Waals surface area contributed by atoms with E-state index in [9.17, 15) is 19.2 Å². The lowest BCUT2D eigenvalue weighted by molar-refractivity contribution is -0.176. The average molecular weight is 382 g/mol. The van der Waals surface area contributed by atoms with E-state index in [1.165, 1.54) is 11.8 Å². The molecule has 152 valence electrons. The summed E-state index contributed by atoms with van der Waals surface area (Å²) in [6, 6.07) is -0.666. The maximum Gasteiger partial charge on any atom is 0.410 e. The van der Waals surface area contributed by atoms with E-state index < -0.39 is 29.2 Å². The van der Waals surface area contributed by atoms with Crippen molar-refractivity contribution < 1.29 is 23.9 Å². The first kappa shape index (κ1) is 21.1. The van der Waals surface area contributed by atoms with Crippen molar-refractivity contribution in [2.75, 3.05) is 33.2 Å². The number of hydrogen-bond acceptors (Lipinski definition) is 6. The van der Waals surface area contributed by atoms with Crippen LogP contribution < -0.4 is 5.73 Å². The average Bonchev–Trinajstić information content (AvgIpc) is 2.53. The van der Waals surface area contributed by atoms with E-state index in [0.717, 1.165) is 0 Å². The second-order valence-corrected chi connectivity index (χ2v) is 8.42. The number of likely N-dealkylation sites (N-methyl/N-ethyl adjacent to an activating group) is 1. The molecular weight excluding hydrogens is 352 g/mol. The first-order chi connectivity index (χ1) is 12.4. The molecule has 2 aliphatic heterocycles. The van der Waals surface area contributed by atoms with Crippen LogP contribution in [0.25, 0.3) is 0 Å². The predicted molar refractivity (Wildman–Crippen MR) is 97.8 cm³/mol. The van der Waals surface area contributed by atoms with Crippen LogP contribution in [0.3, 0.4) is 0 Å². The van der Waals surface area contributed by atoms with E-state index >= 15 is 0 Å². The van der Waals surface area contributed by atoms with Gasteiger partial charge in [0, 0.05) is 19.5 Å². The van der Waals surface area contributed by atoms with E-state index in [4.69, 9.17) is 10.5 Å². The van der Waals surface area contributed by atoms with Gasteiger partial charge >= 0.3 is 6.09 Å². The van der Waals surface area contributed by atoms with E-state index in [1.54, 1.807) is 25.7 Å². The number of ether oxygens (including phenoxy) is 1. The van der Waals surface area contributed by atoms with Crippen molar-refractivity contribution in [1.82, 2.24) is 14.7 Å². The van der Waals surface area contributed by atoms with Crippen molar-refractivity contribution in [2.45, 2.75) is 57.7 Å². The molecule has 0 aliphatic carbocycles. The lowest BCUT2D eigenvalue weighted by Gasteiger charge is -2.58. The zero-order valence-electron chi connectivity index (χ0n) is 16.8. The summed E-state index contributed by atoms with van der Waals surface area (Å²) in [5, 5.41) is 0. The van der Waals surface area contributed by atoms with Crippen LogP contribution in [0.2, 0.25) is 0 Å². The molecule has 0 bridgehead atoms. The number of amides is 3. The van der Waals surface area contributed by atoms with Crippen LogP contribution in [-0.2, 0) is 19.1 Å². The summed E-state index contributed by atoms with van der Waals surface area (Å²) in [4.78, 5) is 53.4. The highest BCUT2D eigenvalue weighted by molar-refractivity contribution is 5.98. The fraction of sp³-hybridized carbons (Fsp3) is 0.778. The number of carbonyl (C=O) groups excluding carboxylic acids is 4. The standard InChI is InChI=1S/C18H30N4O5/c1-12(23)13(6-7-14(19)24)22-11-18(15(22)25)10-21(9-8-20(18)5)16(26)27-17(2,3)4/h13H,6-11H2,1-5H3,(H2,19,24)/t13-,18?/m0/s1. The molecule has 0 aromatic carbocycles. The zero-order chi connectivity index (χ0) is 20.6. The molecule has 27 heavy (non-hydrogen) atoms. The molecule has 2 aliphatic rings. The normalized spacial score (nSPS) is 24.6. The summed E-state index contributed by atoms with van der Waals surface area (Å²) in [5.74, 6) is -0.889. The summed E-state index contributed by atoms with van der Waals surface area (Å²) < 4.78 is 5.43. The molecular formula is C18H30N4O5. The smallest absolute Gasteiger partial charge is 0.410 e. The van der Waals surface area contributed by atoms with Gasteiger partial charge in [0.05, 0.1) is 19.1 Å². The second-order valence-electron chi connectivity index (χ2n) is 8.42. The van der Waals surface area contributed by atoms with Crippen LogP contribution in [0.4, 0.5) is 4.79 Å². The van der Waals surface area contributed by atoms with Gasteiger partial charge in [-0.25, -0.2) is 4.79 Å². The quantitative estimate of drug-likeness (QED) is 0.668. The molecule has 0 aromatic rings. The monoisotopic (exact) mass is 382 g/mol. The van der Waals surface area contributed by atoms with Crippen molar-refractivity contribution in [3.8, 4) is 0 Å². The molecule has 2 heterocycles. The molecule has 0 aromatic heterocycles. The van der Waals surface area contributed by atoms with Gasteiger partial charge in [-0.05, 0) is 41.2 Å². The first-order valence-electron chi connectivity index (χ1n) is 9.16. The molecule has 9 heteroatoms. The Morgan fingerprint density at radius 1 is 1.22 bits per heavy atom. The minimum absolute atomic E-state index is 0.0426. The van der Waals surface area contributed by atoms with Gasteiger partial charge in [-0.2, -0.15) is 0 Å². The number of nitrogens with zero attached hydrogens (tertiary/aromatic N) is 3. The third-order valence-electron chi connectivity index (χ3n) is 5.14. The van der Waals surface area contributed by atoms with Gasteiger partial charge in [0.2, 0.25) is 11.8 Å². The molecule has 2 fully saturated rings. The number of ketones is 1. The van der Waals surface area contributed by atoms with Crippen LogP contribution in [0.1, 0.15) is 40.5 Å². The maximum absolute atomic E-state index is 13.0. The maximum atomic E-state index is 13.0. The number of piperazine rings is 1. The lowest BCUT2D eigenvalue weighted by atomic mass is 9.82. The molecule has 2 rings (SSSR count). The van der Waals surface area contributed by atoms with Crippen LogP contribution in [0.15, 0.2) is 0 Å². The predicted octanol–water partition coefficient (Wildman–Crippen LogP) is -0.0270. The highest BCUT2D eigenvalue weighted by Gasteiger charge is 2.59. The Hall–Kier alpha value is -2.16. The Balaban J connectivity index is 2.10. The highest BCUT2D eigenvalue weighted by atomic mass is 16.6. The number of likely N-dealkylation sites (tertiary alicyclic amines) is 1. The molecule has 3 amide bonds. The molecule has 1 spiro atoms. The second kappa shape index (κ2) is 7.46. The molecule has 0 radical (unpaired) electrons. The minimum Gasteiger partial charge on any atom is -0.444 e. The van der Waals surface area contributed by atoms with E-state index in [-0.39, 0.29) is 31.1 Å². The van der Waals surface area contributed by atoms with Gasteiger partial charge in [0.1, 0.15) is 11.1 Å². The summed E-state index contributed by atoms with van der Waals surface area (Å²) in [5.41, 5.74) is 3.71.